The van der Waals surface area contributed by atoms with Crippen molar-refractivity contribution < 1.29 is 5.11 Å². The van der Waals surface area contributed by atoms with Crippen LogP contribution < -0.4 is 5.73 Å². The summed E-state index contributed by atoms with van der Waals surface area (Å²) in [6.45, 7) is 4.37. The molecule has 0 saturated heterocycles. The number of thiophene rings is 1. The SMILES string of the molecule is CCC(N)C(SCC(C)CO)c1ccc(Cl)s1. The van der Waals surface area contributed by atoms with Gasteiger partial charge in [0, 0.05) is 17.5 Å². The van der Waals surface area contributed by atoms with E-state index in [-0.39, 0.29) is 17.9 Å². The third-order valence-electron chi connectivity index (χ3n) is 2.61. The molecule has 98 valence electrons. The molecule has 1 aromatic heterocycles. The Morgan fingerprint density at radius 2 is 2.24 bits per heavy atom. The molecule has 0 aliphatic heterocycles. The molecule has 0 spiro atoms. The number of aliphatic hydroxyl groups excluding tert-OH is 1. The van der Waals surface area contributed by atoms with Crippen LogP contribution in [-0.4, -0.2) is 23.5 Å². The summed E-state index contributed by atoms with van der Waals surface area (Å²) in [5, 5.41) is 9.34. The van der Waals surface area contributed by atoms with Gasteiger partial charge in [0.1, 0.15) is 0 Å². The number of nitrogens with two attached hydrogens (primary N) is 1. The van der Waals surface area contributed by atoms with Crippen LogP contribution in [-0.2, 0) is 0 Å². The molecule has 2 nitrogen and oxygen atoms in total. The molecule has 0 aromatic carbocycles. The van der Waals surface area contributed by atoms with Crippen molar-refractivity contribution in [3.05, 3.63) is 21.3 Å². The van der Waals surface area contributed by atoms with Crippen LogP contribution in [0.3, 0.4) is 0 Å². The summed E-state index contributed by atoms with van der Waals surface area (Å²) in [6.07, 6.45) is 0.945. The van der Waals surface area contributed by atoms with Gasteiger partial charge >= 0.3 is 0 Å². The van der Waals surface area contributed by atoms with E-state index in [0.717, 1.165) is 16.5 Å². The molecular weight excluding hydrogens is 274 g/mol. The fourth-order valence-electron chi connectivity index (χ4n) is 1.43. The zero-order chi connectivity index (χ0) is 12.8. The van der Waals surface area contributed by atoms with Crippen molar-refractivity contribution in [1.29, 1.82) is 0 Å². The predicted octanol–water partition coefficient (Wildman–Crippen LogP) is 3.54. The molecule has 3 unspecified atom stereocenters. The van der Waals surface area contributed by atoms with Crippen LogP contribution in [0.5, 0.6) is 0 Å². The summed E-state index contributed by atoms with van der Waals surface area (Å²) >= 11 is 9.39. The zero-order valence-corrected chi connectivity index (χ0v) is 12.6. The van der Waals surface area contributed by atoms with Gasteiger partial charge < -0.3 is 10.8 Å². The van der Waals surface area contributed by atoms with Gasteiger partial charge in [-0.15, -0.1) is 11.3 Å². The molecule has 3 N–H and O–H groups in total. The van der Waals surface area contributed by atoms with E-state index in [1.54, 1.807) is 11.3 Å². The Morgan fingerprint density at radius 3 is 2.71 bits per heavy atom. The van der Waals surface area contributed by atoms with Gasteiger partial charge in [0.15, 0.2) is 0 Å². The molecule has 17 heavy (non-hydrogen) atoms. The lowest BCUT2D eigenvalue weighted by Gasteiger charge is -2.22. The van der Waals surface area contributed by atoms with Crippen LogP contribution in [0.2, 0.25) is 4.34 Å². The Balaban J connectivity index is 2.67. The molecule has 0 radical (unpaired) electrons. The normalized spacial score (nSPS) is 16.8. The lowest BCUT2D eigenvalue weighted by atomic mass is 10.1. The van der Waals surface area contributed by atoms with Crippen molar-refractivity contribution in [3.63, 3.8) is 0 Å². The van der Waals surface area contributed by atoms with Gasteiger partial charge in [0.05, 0.1) is 9.59 Å². The summed E-state index contributed by atoms with van der Waals surface area (Å²) in [5.74, 6) is 1.23. The maximum atomic E-state index is 9.06. The lowest BCUT2D eigenvalue weighted by Crippen LogP contribution is -2.26. The van der Waals surface area contributed by atoms with Gasteiger partial charge in [-0.3, -0.25) is 0 Å². The maximum Gasteiger partial charge on any atom is 0.0931 e. The van der Waals surface area contributed by atoms with Crippen LogP contribution in [0, 0.1) is 5.92 Å². The van der Waals surface area contributed by atoms with E-state index in [2.05, 4.69) is 13.0 Å². The smallest absolute Gasteiger partial charge is 0.0931 e. The van der Waals surface area contributed by atoms with Crippen molar-refractivity contribution in [3.8, 4) is 0 Å². The summed E-state index contributed by atoms with van der Waals surface area (Å²) in [6, 6.07) is 4.12. The fourth-order valence-corrected chi connectivity index (χ4v) is 4.22. The summed E-state index contributed by atoms with van der Waals surface area (Å²) in [4.78, 5) is 1.24. The molecule has 0 saturated carbocycles. The summed E-state index contributed by atoms with van der Waals surface area (Å²) in [5.41, 5.74) is 6.17. The first-order chi connectivity index (χ1) is 8.08. The number of aliphatic hydroxyl groups is 1. The standard InChI is InChI=1S/C12H20ClNOS2/c1-3-9(14)12(16-7-8(2)6-15)10-4-5-11(13)17-10/h4-5,8-9,12,15H,3,6-7,14H2,1-2H3. The average Bonchev–Trinajstić information content (AvgIpc) is 2.75. The number of rotatable bonds is 7. The highest BCUT2D eigenvalue weighted by Gasteiger charge is 2.21. The van der Waals surface area contributed by atoms with Crippen molar-refractivity contribution in [2.75, 3.05) is 12.4 Å². The Labute approximate surface area is 117 Å². The van der Waals surface area contributed by atoms with Crippen LogP contribution in [0.4, 0.5) is 0 Å². The molecule has 1 rings (SSSR count). The van der Waals surface area contributed by atoms with E-state index in [1.165, 1.54) is 4.88 Å². The molecule has 0 amide bonds. The Bertz CT molecular complexity index is 332. The van der Waals surface area contributed by atoms with Crippen LogP contribution in [0.1, 0.15) is 30.4 Å². The van der Waals surface area contributed by atoms with Crippen LogP contribution in [0.15, 0.2) is 12.1 Å². The van der Waals surface area contributed by atoms with E-state index < -0.39 is 0 Å². The van der Waals surface area contributed by atoms with Gasteiger partial charge in [-0.25, -0.2) is 0 Å². The fraction of sp³-hybridized carbons (Fsp3) is 0.667. The van der Waals surface area contributed by atoms with Crippen molar-refractivity contribution in [2.45, 2.75) is 31.6 Å². The summed E-state index contributed by atoms with van der Waals surface area (Å²) < 4.78 is 0.809. The number of halogens is 1. The van der Waals surface area contributed by atoms with E-state index in [1.807, 2.05) is 24.8 Å². The molecule has 1 heterocycles. The summed E-state index contributed by atoms with van der Waals surface area (Å²) in [7, 11) is 0. The van der Waals surface area contributed by atoms with E-state index in [0.29, 0.717) is 5.92 Å². The van der Waals surface area contributed by atoms with Gasteiger partial charge in [-0.05, 0) is 30.2 Å². The third-order valence-corrected chi connectivity index (χ3v) is 5.79. The Hall–Kier alpha value is 0.260. The first kappa shape index (κ1) is 15.3. The second-order valence-corrected chi connectivity index (χ2v) is 7.18. The van der Waals surface area contributed by atoms with Gasteiger partial charge in [0.25, 0.3) is 0 Å². The second kappa shape index (κ2) is 7.64. The largest absolute Gasteiger partial charge is 0.396 e. The highest BCUT2D eigenvalue weighted by molar-refractivity contribution is 7.99. The van der Waals surface area contributed by atoms with Gasteiger partial charge in [0.2, 0.25) is 0 Å². The highest BCUT2D eigenvalue weighted by atomic mass is 35.5. The van der Waals surface area contributed by atoms with Crippen LogP contribution >= 0.6 is 34.7 Å². The predicted molar refractivity (Wildman–Crippen MR) is 79.0 cm³/mol. The molecule has 3 atom stereocenters. The van der Waals surface area contributed by atoms with E-state index >= 15 is 0 Å². The molecule has 0 fully saturated rings. The quantitative estimate of drug-likeness (QED) is 0.808. The number of thioether (sulfide) groups is 1. The minimum atomic E-state index is 0.139. The first-order valence-electron chi connectivity index (χ1n) is 5.81. The molecule has 5 heteroatoms. The average molecular weight is 294 g/mol. The molecule has 1 aromatic rings. The second-order valence-electron chi connectivity index (χ2n) is 4.26. The van der Waals surface area contributed by atoms with E-state index in [4.69, 9.17) is 22.4 Å². The molecule has 0 aliphatic carbocycles. The minimum absolute atomic E-state index is 0.139. The molecular formula is C12H20ClNOS2. The van der Waals surface area contributed by atoms with Gasteiger partial charge in [-0.1, -0.05) is 25.4 Å². The topological polar surface area (TPSA) is 46.2 Å². The third kappa shape index (κ3) is 4.79. The number of hydrogen-bond donors (Lipinski definition) is 2. The zero-order valence-electron chi connectivity index (χ0n) is 10.2. The van der Waals surface area contributed by atoms with Crippen molar-refractivity contribution >= 4 is 34.7 Å². The number of hydrogen-bond acceptors (Lipinski definition) is 4. The maximum absolute atomic E-state index is 9.06. The van der Waals surface area contributed by atoms with Gasteiger partial charge in [-0.2, -0.15) is 11.8 Å². The van der Waals surface area contributed by atoms with E-state index in [9.17, 15) is 0 Å². The first-order valence-corrected chi connectivity index (χ1v) is 8.06. The Morgan fingerprint density at radius 1 is 1.53 bits per heavy atom. The minimum Gasteiger partial charge on any atom is -0.396 e. The molecule has 0 aliphatic rings. The molecule has 0 bridgehead atoms. The Kier molecular flexibility index (Phi) is 6.89. The van der Waals surface area contributed by atoms with Crippen molar-refractivity contribution in [1.82, 2.24) is 0 Å². The lowest BCUT2D eigenvalue weighted by molar-refractivity contribution is 0.250. The highest BCUT2D eigenvalue weighted by Crippen LogP contribution is 2.38. The van der Waals surface area contributed by atoms with Crippen LogP contribution in [0.25, 0.3) is 0 Å². The monoisotopic (exact) mass is 293 g/mol. The van der Waals surface area contributed by atoms with Crippen molar-refractivity contribution in [2.24, 2.45) is 11.7 Å².